The van der Waals surface area contributed by atoms with Crippen LogP contribution in [0.25, 0.3) is 0 Å². The van der Waals surface area contributed by atoms with Crippen molar-refractivity contribution in [1.82, 2.24) is 10.2 Å². The van der Waals surface area contributed by atoms with Crippen molar-refractivity contribution in [1.29, 1.82) is 0 Å². The second kappa shape index (κ2) is 4.89. The highest BCUT2D eigenvalue weighted by atomic mass is 28.4. The third-order valence-corrected chi connectivity index (χ3v) is 9.36. The number of hydrogen-bond acceptors (Lipinski definition) is 3. The minimum absolute atomic E-state index is 0.209. The normalized spacial score (nSPS) is 25.2. The Balaban J connectivity index is 1.91. The SMILES string of the molecule is CC(C)(C)[Si](C)(C)OC1(CN2CCNCC2)CC1. The maximum absolute atomic E-state index is 6.68. The second-order valence-electron chi connectivity index (χ2n) is 7.57. The summed E-state index contributed by atoms with van der Waals surface area (Å²) in [6.45, 7) is 17.6. The summed E-state index contributed by atoms with van der Waals surface area (Å²) in [5, 5.41) is 3.75. The molecule has 0 radical (unpaired) electrons. The molecule has 2 aliphatic rings. The first kappa shape index (κ1) is 14.5. The van der Waals surface area contributed by atoms with Crippen LogP contribution in [-0.4, -0.2) is 51.5 Å². The van der Waals surface area contributed by atoms with Crippen molar-refractivity contribution in [2.45, 2.75) is 57.3 Å². The first-order chi connectivity index (χ1) is 8.24. The first-order valence-corrected chi connectivity index (χ1v) is 10.3. The van der Waals surface area contributed by atoms with Gasteiger partial charge in [0.1, 0.15) is 0 Å². The van der Waals surface area contributed by atoms with Gasteiger partial charge in [-0.15, -0.1) is 0 Å². The number of piperazine rings is 1. The van der Waals surface area contributed by atoms with Crippen LogP contribution >= 0.6 is 0 Å². The van der Waals surface area contributed by atoms with Gasteiger partial charge in [0.2, 0.25) is 0 Å². The Morgan fingerprint density at radius 3 is 2.17 bits per heavy atom. The van der Waals surface area contributed by atoms with Gasteiger partial charge in [-0.3, -0.25) is 4.90 Å². The van der Waals surface area contributed by atoms with Crippen molar-refractivity contribution >= 4 is 8.32 Å². The van der Waals surface area contributed by atoms with E-state index in [9.17, 15) is 0 Å². The molecule has 3 nitrogen and oxygen atoms in total. The molecule has 2 fully saturated rings. The van der Waals surface area contributed by atoms with E-state index in [-0.39, 0.29) is 5.60 Å². The quantitative estimate of drug-likeness (QED) is 0.794. The Morgan fingerprint density at radius 1 is 1.17 bits per heavy atom. The molecule has 0 aromatic rings. The molecule has 1 saturated heterocycles. The molecule has 18 heavy (non-hydrogen) atoms. The van der Waals surface area contributed by atoms with Crippen molar-refractivity contribution in [3.63, 3.8) is 0 Å². The summed E-state index contributed by atoms with van der Waals surface area (Å²) in [4.78, 5) is 2.58. The van der Waals surface area contributed by atoms with Gasteiger partial charge in [-0.05, 0) is 31.0 Å². The maximum atomic E-state index is 6.68. The second-order valence-corrected chi connectivity index (χ2v) is 12.3. The number of rotatable bonds is 4. The predicted octanol–water partition coefficient (Wildman–Crippen LogP) is 2.45. The molecule has 1 saturated carbocycles. The van der Waals surface area contributed by atoms with Crippen LogP contribution in [0.3, 0.4) is 0 Å². The van der Waals surface area contributed by atoms with E-state index in [0.717, 1.165) is 19.6 Å². The van der Waals surface area contributed by atoms with E-state index in [1.54, 1.807) is 0 Å². The zero-order chi connectivity index (χ0) is 13.4. The molecular weight excluding hydrogens is 240 g/mol. The molecule has 0 atom stereocenters. The fourth-order valence-electron chi connectivity index (χ4n) is 2.40. The summed E-state index contributed by atoms with van der Waals surface area (Å²) in [6, 6.07) is 0. The summed E-state index contributed by atoms with van der Waals surface area (Å²) >= 11 is 0. The average molecular weight is 270 g/mol. The summed E-state index contributed by atoms with van der Waals surface area (Å²) in [6.07, 6.45) is 2.53. The molecule has 1 aliphatic carbocycles. The van der Waals surface area contributed by atoms with Crippen molar-refractivity contribution in [3.05, 3.63) is 0 Å². The molecule has 1 N–H and O–H groups in total. The van der Waals surface area contributed by atoms with Gasteiger partial charge in [0.25, 0.3) is 0 Å². The third kappa shape index (κ3) is 3.35. The Morgan fingerprint density at radius 2 is 1.72 bits per heavy atom. The van der Waals surface area contributed by atoms with Crippen LogP contribution in [0.15, 0.2) is 0 Å². The van der Waals surface area contributed by atoms with Crippen molar-refractivity contribution in [2.24, 2.45) is 0 Å². The fourth-order valence-corrected chi connectivity index (χ4v) is 4.06. The van der Waals surface area contributed by atoms with Crippen molar-refractivity contribution in [2.75, 3.05) is 32.7 Å². The smallest absolute Gasteiger partial charge is 0.192 e. The Hall–Kier alpha value is 0.0969. The molecule has 106 valence electrons. The van der Waals surface area contributed by atoms with Crippen molar-refractivity contribution in [3.8, 4) is 0 Å². The van der Waals surface area contributed by atoms with E-state index < -0.39 is 8.32 Å². The third-order valence-electron chi connectivity index (χ3n) is 4.81. The van der Waals surface area contributed by atoms with E-state index in [0.29, 0.717) is 5.04 Å². The van der Waals surface area contributed by atoms with E-state index in [2.05, 4.69) is 44.1 Å². The lowest BCUT2D eigenvalue weighted by Crippen LogP contribution is -2.51. The van der Waals surface area contributed by atoms with Gasteiger partial charge in [-0.1, -0.05) is 20.8 Å². The van der Waals surface area contributed by atoms with Gasteiger partial charge >= 0.3 is 0 Å². The molecule has 0 aromatic carbocycles. The number of hydrogen-bond donors (Lipinski definition) is 1. The molecular formula is C14H30N2OSi. The number of nitrogens with zero attached hydrogens (tertiary/aromatic N) is 1. The fraction of sp³-hybridized carbons (Fsp3) is 1.00. The van der Waals surface area contributed by atoms with Gasteiger partial charge in [0, 0.05) is 32.7 Å². The predicted molar refractivity (Wildman–Crippen MR) is 79.6 cm³/mol. The number of nitrogens with one attached hydrogen (secondary N) is 1. The lowest BCUT2D eigenvalue weighted by Gasteiger charge is -2.41. The van der Waals surface area contributed by atoms with Gasteiger partial charge in [-0.2, -0.15) is 0 Å². The van der Waals surface area contributed by atoms with Gasteiger partial charge in [-0.25, -0.2) is 0 Å². The highest BCUT2D eigenvalue weighted by Crippen LogP contribution is 2.48. The van der Waals surface area contributed by atoms with Crippen LogP contribution in [0.5, 0.6) is 0 Å². The Labute approximate surface area is 113 Å². The topological polar surface area (TPSA) is 24.5 Å². The Kier molecular flexibility index (Phi) is 3.94. The van der Waals surface area contributed by atoms with Crippen LogP contribution in [0.2, 0.25) is 18.1 Å². The van der Waals surface area contributed by atoms with Gasteiger partial charge in [0.15, 0.2) is 8.32 Å². The van der Waals surface area contributed by atoms with E-state index in [1.807, 2.05) is 0 Å². The first-order valence-electron chi connectivity index (χ1n) is 7.37. The monoisotopic (exact) mass is 270 g/mol. The van der Waals surface area contributed by atoms with E-state index in [1.165, 1.54) is 25.9 Å². The highest BCUT2D eigenvalue weighted by molar-refractivity contribution is 6.74. The van der Waals surface area contributed by atoms with Crippen molar-refractivity contribution < 1.29 is 4.43 Å². The minimum atomic E-state index is -1.60. The van der Waals surface area contributed by atoms with Crippen LogP contribution in [-0.2, 0) is 4.43 Å². The molecule has 1 aliphatic heterocycles. The summed E-state index contributed by atoms with van der Waals surface area (Å²) in [5.74, 6) is 0. The maximum Gasteiger partial charge on any atom is 0.192 e. The summed E-state index contributed by atoms with van der Waals surface area (Å²) in [5.41, 5.74) is 0.209. The Bertz CT molecular complexity index is 289. The molecule has 0 bridgehead atoms. The largest absolute Gasteiger partial charge is 0.410 e. The zero-order valence-electron chi connectivity index (χ0n) is 12.8. The van der Waals surface area contributed by atoms with Gasteiger partial charge < -0.3 is 9.74 Å². The van der Waals surface area contributed by atoms with E-state index >= 15 is 0 Å². The van der Waals surface area contributed by atoms with Crippen LogP contribution in [0.1, 0.15) is 33.6 Å². The zero-order valence-corrected chi connectivity index (χ0v) is 13.8. The van der Waals surface area contributed by atoms with Crippen LogP contribution in [0, 0.1) is 0 Å². The molecule has 4 heteroatoms. The minimum Gasteiger partial charge on any atom is -0.410 e. The van der Waals surface area contributed by atoms with Crippen LogP contribution in [0.4, 0.5) is 0 Å². The molecule has 0 aromatic heterocycles. The van der Waals surface area contributed by atoms with E-state index in [4.69, 9.17) is 4.43 Å². The van der Waals surface area contributed by atoms with Crippen LogP contribution < -0.4 is 5.32 Å². The highest BCUT2D eigenvalue weighted by Gasteiger charge is 2.51. The average Bonchev–Trinajstić information content (AvgIpc) is 2.96. The standard InChI is InChI=1S/C14H30N2OSi/c1-13(2,3)18(4,5)17-14(6-7-14)12-16-10-8-15-9-11-16/h15H,6-12H2,1-5H3. The molecule has 0 spiro atoms. The summed E-state index contributed by atoms with van der Waals surface area (Å²) < 4.78 is 6.68. The summed E-state index contributed by atoms with van der Waals surface area (Å²) in [7, 11) is -1.60. The lowest BCUT2D eigenvalue weighted by molar-refractivity contribution is 0.0933. The molecule has 0 amide bonds. The molecule has 1 heterocycles. The van der Waals surface area contributed by atoms with Gasteiger partial charge in [0.05, 0.1) is 5.60 Å². The molecule has 0 unspecified atom stereocenters. The lowest BCUT2D eigenvalue weighted by atomic mass is 10.2. The molecule has 2 rings (SSSR count).